The van der Waals surface area contributed by atoms with E-state index in [2.05, 4.69) is 34.0 Å². The molecule has 1 aromatic rings. The minimum absolute atomic E-state index is 0.825. The first-order chi connectivity index (χ1) is 6.74. The van der Waals surface area contributed by atoms with Crippen LogP contribution in [0.5, 0.6) is 0 Å². The fourth-order valence-corrected chi connectivity index (χ4v) is 2.07. The summed E-state index contributed by atoms with van der Waals surface area (Å²) in [6, 6.07) is 2.08. The fourth-order valence-electron chi connectivity index (χ4n) is 2.07. The van der Waals surface area contributed by atoms with E-state index in [0.29, 0.717) is 0 Å². The Labute approximate surface area is 85.7 Å². The molecule has 0 N–H and O–H groups in total. The summed E-state index contributed by atoms with van der Waals surface area (Å²) in [5, 5.41) is 4.43. The largest absolute Gasteiger partial charge is 0.306 e. The van der Waals surface area contributed by atoms with Gasteiger partial charge in [-0.15, -0.1) is 0 Å². The Hall–Kier alpha value is -0.830. The van der Waals surface area contributed by atoms with Gasteiger partial charge in [-0.1, -0.05) is 0 Å². The maximum absolute atomic E-state index is 4.43. The molecule has 1 fully saturated rings. The van der Waals surface area contributed by atoms with Crippen molar-refractivity contribution in [1.82, 2.24) is 14.7 Å². The van der Waals surface area contributed by atoms with E-state index in [1.54, 1.807) is 0 Å². The van der Waals surface area contributed by atoms with Gasteiger partial charge in [0, 0.05) is 12.7 Å². The average Bonchev–Trinajstić information content (AvgIpc) is 2.56. The van der Waals surface area contributed by atoms with Crippen LogP contribution in [0, 0.1) is 12.8 Å². The van der Waals surface area contributed by atoms with E-state index in [1.165, 1.54) is 25.9 Å². The molecule has 1 aliphatic rings. The fraction of sp³-hybridized carbons (Fsp3) is 0.727. The van der Waals surface area contributed by atoms with E-state index in [1.807, 2.05) is 6.92 Å². The highest BCUT2D eigenvalue weighted by Gasteiger charge is 2.16. The van der Waals surface area contributed by atoms with Crippen LogP contribution in [-0.4, -0.2) is 34.8 Å². The van der Waals surface area contributed by atoms with E-state index in [-0.39, 0.29) is 0 Å². The second-order valence-corrected chi connectivity index (χ2v) is 4.43. The van der Waals surface area contributed by atoms with Gasteiger partial charge in [0.2, 0.25) is 0 Å². The SMILES string of the molecule is Cc1ccn(CC2CCN(C)CC2)n1. The first-order valence-corrected chi connectivity index (χ1v) is 5.42. The molecule has 0 amide bonds. The van der Waals surface area contributed by atoms with Crippen LogP contribution in [0.4, 0.5) is 0 Å². The predicted molar refractivity (Wildman–Crippen MR) is 57.2 cm³/mol. The van der Waals surface area contributed by atoms with Gasteiger partial charge in [-0.2, -0.15) is 5.10 Å². The van der Waals surface area contributed by atoms with Gasteiger partial charge in [0.1, 0.15) is 0 Å². The molecule has 78 valence electrons. The molecule has 2 rings (SSSR count). The third-order valence-corrected chi connectivity index (χ3v) is 3.06. The zero-order valence-corrected chi connectivity index (χ0v) is 9.11. The highest BCUT2D eigenvalue weighted by atomic mass is 15.3. The third-order valence-electron chi connectivity index (χ3n) is 3.06. The van der Waals surface area contributed by atoms with E-state index in [0.717, 1.165) is 18.2 Å². The Balaban J connectivity index is 1.86. The lowest BCUT2D eigenvalue weighted by atomic mass is 9.97. The molecule has 0 aliphatic carbocycles. The molecule has 1 aliphatic heterocycles. The number of aromatic nitrogens is 2. The number of hydrogen-bond donors (Lipinski definition) is 0. The molecule has 3 heteroatoms. The minimum Gasteiger partial charge on any atom is -0.306 e. The Morgan fingerprint density at radius 3 is 2.71 bits per heavy atom. The molecular formula is C11H19N3. The summed E-state index contributed by atoms with van der Waals surface area (Å²) in [7, 11) is 2.20. The Morgan fingerprint density at radius 1 is 1.43 bits per heavy atom. The van der Waals surface area contributed by atoms with Gasteiger partial charge in [0.05, 0.1) is 5.69 Å². The maximum atomic E-state index is 4.43. The molecule has 1 aromatic heterocycles. The van der Waals surface area contributed by atoms with Crippen molar-refractivity contribution in [2.45, 2.75) is 26.3 Å². The summed E-state index contributed by atoms with van der Waals surface area (Å²) >= 11 is 0. The molecule has 14 heavy (non-hydrogen) atoms. The van der Waals surface area contributed by atoms with E-state index >= 15 is 0 Å². The Kier molecular flexibility index (Phi) is 2.87. The van der Waals surface area contributed by atoms with Crippen LogP contribution in [0.1, 0.15) is 18.5 Å². The van der Waals surface area contributed by atoms with Crippen LogP contribution in [0.3, 0.4) is 0 Å². The minimum atomic E-state index is 0.825. The van der Waals surface area contributed by atoms with Crippen molar-refractivity contribution in [3.63, 3.8) is 0 Å². The van der Waals surface area contributed by atoms with Crippen LogP contribution in [0.2, 0.25) is 0 Å². The molecule has 2 heterocycles. The monoisotopic (exact) mass is 193 g/mol. The summed E-state index contributed by atoms with van der Waals surface area (Å²) in [5.41, 5.74) is 1.12. The van der Waals surface area contributed by atoms with Crippen molar-refractivity contribution < 1.29 is 0 Å². The van der Waals surface area contributed by atoms with Crippen LogP contribution in [0.25, 0.3) is 0 Å². The summed E-state index contributed by atoms with van der Waals surface area (Å²) < 4.78 is 2.09. The first-order valence-electron chi connectivity index (χ1n) is 5.42. The molecular weight excluding hydrogens is 174 g/mol. The second-order valence-electron chi connectivity index (χ2n) is 4.43. The number of likely N-dealkylation sites (tertiary alicyclic amines) is 1. The van der Waals surface area contributed by atoms with E-state index in [4.69, 9.17) is 0 Å². The van der Waals surface area contributed by atoms with Gasteiger partial charge in [0.15, 0.2) is 0 Å². The number of nitrogens with zero attached hydrogens (tertiary/aromatic N) is 3. The van der Waals surface area contributed by atoms with Gasteiger partial charge in [0.25, 0.3) is 0 Å². The molecule has 0 atom stereocenters. The molecule has 0 saturated carbocycles. The standard InChI is InChI=1S/C11H19N3/c1-10-3-8-14(12-10)9-11-4-6-13(2)7-5-11/h3,8,11H,4-7,9H2,1-2H3. The van der Waals surface area contributed by atoms with Gasteiger partial charge in [-0.05, 0) is 51.9 Å². The number of piperidine rings is 1. The molecule has 0 radical (unpaired) electrons. The third kappa shape index (κ3) is 2.35. The first kappa shape index (κ1) is 9.71. The average molecular weight is 193 g/mol. The van der Waals surface area contributed by atoms with Gasteiger partial charge < -0.3 is 4.90 Å². The zero-order chi connectivity index (χ0) is 9.97. The Morgan fingerprint density at radius 2 is 2.14 bits per heavy atom. The zero-order valence-electron chi connectivity index (χ0n) is 9.11. The van der Waals surface area contributed by atoms with E-state index in [9.17, 15) is 0 Å². The van der Waals surface area contributed by atoms with Crippen molar-refractivity contribution in [2.24, 2.45) is 5.92 Å². The molecule has 0 bridgehead atoms. The lowest BCUT2D eigenvalue weighted by Crippen LogP contribution is -2.31. The van der Waals surface area contributed by atoms with Crippen LogP contribution < -0.4 is 0 Å². The molecule has 0 aromatic carbocycles. The van der Waals surface area contributed by atoms with Crippen molar-refractivity contribution in [3.8, 4) is 0 Å². The van der Waals surface area contributed by atoms with Gasteiger partial charge in [-0.3, -0.25) is 4.68 Å². The quantitative estimate of drug-likeness (QED) is 0.710. The van der Waals surface area contributed by atoms with Crippen LogP contribution in [0.15, 0.2) is 12.3 Å². The topological polar surface area (TPSA) is 21.1 Å². The summed E-state index contributed by atoms with van der Waals surface area (Å²) in [4.78, 5) is 2.41. The van der Waals surface area contributed by atoms with Crippen LogP contribution >= 0.6 is 0 Å². The van der Waals surface area contributed by atoms with Gasteiger partial charge in [-0.25, -0.2) is 0 Å². The normalized spacial score (nSPS) is 20.1. The van der Waals surface area contributed by atoms with Gasteiger partial charge >= 0.3 is 0 Å². The lowest BCUT2D eigenvalue weighted by Gasteiger charge is -2.28. The molecule has 3 nitrogen and oxygen atoms in total. The maximum Gasteiger partial charge on any atom is 0.0593 e. The number of rotatable bonds is 2. The van der Waals surface area contributed by atoms with Crippen molar-refractivity contribution in [3.05, 3.63) is 18.0 Å². The Bertz CT molecular complexity index is 284. The molecule has 0 spiro atoms. The van der Waals surface area contributed by atoms with E-state index < -0.39 is 0 Å². The predicted octanol–water partition coefficient (Wildman–Crippen LogP) is 1.53. The molecule has 0 unspecified atom stereocenters. The summed E-state index contributed by atoms with van der Waals surface area (Å²) in [5.74, 6) is 0.825. The van der Waals surface area contributed by atoms with Crippen LogP contribution in [-0.2, 0) is 6.54 Å². The smallest absolute Gasteiger partial charge is 0.0593 e. The van der Waals surface area contributed by atoms with Crippen molar-refractivity contribution in [1.29, 1.82) is 0 Å². The second kappa shape index (κ2) is 4.13. The highest BCUT2D eigenvalue weighted by Crippen LogP contribution is 2.17. The molecule has 1 saturated heterocycles. The number of aryl methyl sites for hydroxylation is 1. The number of hydrogen-bond acceptors (Lipinski definition) is 2. The summed E-state index contributed by atoms with van der Waals surface area (Å²) in [6.07, 6.45) is 4.72. The van der Waals surface area contributed by atoms with Crippen molar-refractivity contribution in [2.75, 3.05) is 20.1 Å². The summed E-state index contributed by atoms with van der Waals surface area (Å²) in [6.45, 7) is 5.63. The highest BCUT2D eigenvalue weighted by molar-refractivity contribution is 4.94. The lowest BCUT2D eigenvalue weighted by molar-refractivity contribution is 0.201. The van der Waals surface area contributed by atoms with Crippen molar-refractivity contribution >= 4 is 0 Å².